The Hall–Kier alpha value is -4.01. The second kappa shape index (κ2) is 8.78. The number of fused-ring (bicyclic) bond motifs is 2. The molecule has 3 amide bonds. The molecule has 1 unspecified atom stereocenters. The van der Waals surface area contributed by atoms with Gasteiger partial charge in [0.2, 0.25) is 0 Å². The van der Waals surface area contributed by atoms with Crippen molar-refractivity contribution in [1.82, 2.24) is 10.6 Å². The maximum atomic E-state index is 12.0. The molecule has 3 aromatic rings. The van der Waals surface area contributed by atoms with Crippen molar-refractivity contribution >= 4 is 22.9 Å². The summed E-state index contributed by atoms with van der Waals surface area (Å²) in [6.07, 6.45) is -0.372. The maximum absolute atomic E-state index is 12.0. The number of benzene rings is 2. The molecule has 1 aliphatic rings. The lowest BCUT2D eigenvalue weighted by molar-refractivity contribution is -0.122. The van der Waals surface area contributed by atoms with Gasteiger partial charge in [-0.3, -0.25) is 10.1 Å². The fourth-order valence-electron chi connectivity index (χ4n) is 3.12. The molecule has 1 atom stereocenters. The average molecular weight is 424 g/mol. The van der Waals surface area contributed by atoms with Crippen molar-refractivity contribution in [1.29, 1.82) is 0 Å². The number of para-hydroxylation sites is 2. The van der Waals surface area contributed by atoms with Crippen LogP contribution in [0.25, 0.3) is 11.0 Å². The number of hydrogen-bond donors (Lipinski definition) is 2. The van der Waals surface area contributed by atoms with Crippen LogP contribution in [0.3, 0.4) is 0 Å². The quantitative estimate of drug-likeness (QED) is 0.603. The van der Waals surface area contributed by atoms with Crippen molar-refractivity contribution in [2.45, 2.75) is 13.0 Å². The minimum Gasteiger partial charge on any atom is -0.486 e. The molecule has 0 fully saturated rings. The van der Waals surface area contributed by atoms with E-state index in [1.165, 1.54) is 12.1 Å². The van der Waals surface area contributed by atoms with Gasteiger partial charge in [0.15, 0.2) is 24.2 Å². The fourth-order valence-corrected chi connectivity index (χ4v) is 3.12. The zero-order chi connectivity index (χ0) is 21.8. The summed E-state index contributed by atoms with van der Waals surface area (Å²) in [5, 5.41) is 5.52. The zero-order valence-corrected chi connectivity index (χ0v) is 16.7. The van der Waals surface area contributed by atoms with Crippen molar-refractivity contribution in [3.63, 3.8) is 0 Å². The van der Waals surface area contributed by atoms with Crippen molar-refractivity contribution in [2.75, 3.05) is 19.8 Å². The summed E-state index contributed by atoms with van der Waals surface area (Å²) in [7, 11) is 0. The minimum absolute atomic E-state index is 0.164. The Bertz CT molecular complexity index is 1190. The van der Waals surface area contributed by atoms with Gasteiger partial charge in [-0.05, 0) is 36.8 Å². The smallest absolute Gasteiger partial charge is 0.336 e. The van der Waals surface area contributed by atoms with Crippen molar-refractivity contribution in [3.05, 3.63) is 64.5 Å². The minimum atomic E-state index is -0.670. The number of carbonyl (C=O) groups excluding carboxylic acids is 2. The van der Waals surface area contributed by atoms with Gasteiger partial charge in [-0.2, -0.15) is 0 Å². The highest BCUT2D eigenvalue weighted by Crippen LogP contribution is 2.30. The van der Waals surface area contributed by atoms with Crippen LogP contribution in [0.2, 0.25) is 0 Å². The first-order valence-electron chi connectivity index (χ1n) is 9.61. The Labute approximate surface area is 176 Å². The third-order valence-electron chi connectivity index (χ3n) is 4.60. The van der Waals surface area contributed by atoms with Gasteiger partial charge in [-0.1, -0.05) is 12.1 Å². The SMILES string of the molecule is Cc1cc(=O)oc2cc(OCC(=O)NC(=O)NCC3COc4ccccc4O3)ccc12. The Balaban J connectivity index is 1.24. The maximum Gasteiger partial charge on any atom is 0.336 e. The van der Waals surface area contributed by atoms with Crippen LogP contribution in [0.15, 0.2) is 57.7 Å². The Morgan fingerprint density at radius 1 is 1.13 bits per heavy atom. The Kier molecular flexibility index (Phi) is 5.74. The van der Waals surface area contributed by atoms with E-state index in [1.807, 2.05) is 12.1 Å². The van der Waals surface area contributed by atoms with Crippen molar-refractivity contribution < 1.29 is 28.2 Å². The first-order chi connectivity index (χ1) is 15.0. The molecule has 9 heteroatoms. The molecule has 1 aliphatic heterocycles. The van der Waals surface area contributed by atoms with Crippen LogP contribution >= 0.6 is 0 Å². The van der Waals surface area contributed by atoms with Gasteiger partial charge >= 0.3 is 11.7 Å². The van der Waals surface area contributed by atoms with Crippen LogP contribution in [0.1, 0.15) is 5.56 Å². The molecule has 0 bridgehead atoms. The van der Waals surface area contributed by atoms with Crippen LogP contribution in [-0.4, -0.2) is 37.8 Å². The topological polar surface area (TPSA) is 116 Å². The second-order valence-electron chi connectivity index (χ2n) is 6.95. The van der Waals surface area contributed by atoms with Crippen LogP contribution in [-0.2, 0) is 4.79 Å². The molecule has 160 valence electrons. The van der Waals surface area contributed by atoms with Gasteiger partial charge in [0.1, 0.15) is 17.9 Å². The number of amides is 3. The van der Waals surface area contributed by atoms with E-state index < -0.39 is 17.6 Å². The van der Waals surface area contributed by atoms with Gasteiger partial charge < -0.3 is 23.9 Å². The number of carbonyl (C=O) groups is 2. The third-order valence-corrected chi connectivity index (χ3v) is 4.60. The van der Waals surface area contributed by atoms with Crippen LogP contribution in [0, 0.1) is 6.92 Å². The van der Waals surface area contributed by atoms with Crippen molar-refractivity contribution in [3.8, 4) is 17.2 Å². The molecule has 4 rings (SSSR count). The summed E-state index contributed by atoms with van der Waals surface area (Å²) < 4.78 is 21.8. The van der Waals surface area contributed by atoms with Gasteiger partial charge in [0, 0.05) is 17.5 Å². The van der Waals surface area contributed by atoms with E-state index in [2.05, 4.69) is 10.6 Å². The number of nitrogens with one attached hydrogen (secondary N) is 2. The average Bonchev–Trinajstić information content (AvgIpc) is 2.75. The molecule has 2 aromatic carbocycles. The highest BCUT2D eigenvalue weighted by atomic mass is 16.6. The highest BCUT2D eigenvalue weighted by Gasteiger charge is 2.21. The van der Waals surface area contributed by atoms with E-state index in [-0.39, 0.29) is 25.9 Å². The number of hydrogen-bond acceptors (Lipinski definition) is 7. The van der Waals surface area contributed by atoms with E-state index in [0.29, 0.717) is 22.8 Å². The van der Waals surface area contributed by atoms with E-state index in [9.17, 15) is 14.4 Å². The van der Waals surface area contributed by atoms with Gasteiger partial charge in [-0.15, -0.1) is 0 Å². The molecule has 1 aromatic heterocycles. The predicted octanol–water partition coefficient (Wildman–Crippen LogP) is 2.15. The normalized spacial score (nSPS) is 14.7. The van der Waals surface area contributed by atoms with Crippen LogP contribution in [0.5, 0.6) is 17.2 Å². The first-order valence-corrected chi connectivity index (χ1v) is 9.61. The predicted molar refractivity (Wildman–Crippen MR) is 111 cm³/mol. The summed E-state index contributed by atoms with van der Waals surface area (Å²) in [4.78, 5) is 35.5. The molecule has 0 spiro atoms. The lowest BCUT2D eigenvalue weighted by Crippen LogP contribution is -2.47. The summed E-state index contributed by atoms with van der Waals surface area (Å²) in [5.74, 6) is 0.961. The van der Waals surface area contributed by atoms with E-state index >= 15 is 0 Å². The molecular formula is C22H20N2O7. The molecule has 2 N–H and O–H groups in total. The number of urea groups is 1. The van der Waals surface area contributed by atoms with E-state index in [4.69, 9.17) is 18.6 Å². The molecule has 31 heavy (non-hydrogen) atoms. The van der Waals surface area contributed by atoms with Gasteiger partial charge in [-0.25, -0.2) is 9.59 Å². The molecule has 2 heterocycles. The molecule has 9 nitrogen and oxygen atoms in total. The van der Waals surface area contributed by atoms with E-state index in [0.717, 1.165) is 10.9 Å². The summed E-state index contributed by atoms with van der Waals surface area (Å²) in [5.41, 5.74) is 0.673. The third kappa shape index (κ3) is 4.95. The second-order valence-corrected chi connectivity index (χ2v) is 6.95. The largest absolute Gasteiger partial charge is 0.486 e. The number of aryl methyl sites for hydroxylation is 1. The zero-order valence-electron chi connectivity index (χ0n) is 16.7. The fraction of sp³-hybridized carbons (Fsp3) is 0.227. The number of imide groups is 1. The monoisotopic (exact) mass is 424 g/mol. The summed E-state index contributed by atoms with van der Waals surface area (Å²) >= 11 is 0. The van der Waals surface area contributed by atoms with Crippen LogP contribution < -0.4 is 30.5 Å². The van der Waals surface area contributed by atoms with Crippen molar-refractivity contribution in [2.24, 2.45) is 0 Å². The van der Waals surface area contributed by atoms with E-state index in [1.54, 1.807) is 31.2 Å². The highest BCUT2D eigenvalue weighted by molar-refractivity contribution is 5.95. The Morgan fingerprint density at radius 3 is 2.77 bits per heavy atom. The summed E-state index contributed by atoms with van der Waals surface area (Å²) in [6, 6.07) is 12.9. The molecule has 0 aliphatic carbocycles. The van der Waals surface area contributed by atoms with Crippen LogP contribution in [0.4, 0.5) is 4.79 Å². The Morgan fingerprint density at radius 2 is 1.94 bits per heavy atom. The molecule has 0 saturated carbocycles. The van der Waals surface area contributed by atoms with Gasteiger partial charge in [0.05, 0.1) is 6.54 Å². The lowest BCUT2D eigenvalue weighted by Gasteiger charge is -2.26. The molecule has 0 radical (unpaired) electrons. The summed E-state index contributed by atoms with van der Waals surface area (Å²) in [6.45, 7) is 1.86. The molecule has 0 saturated heterocycles. The number of rotatable bonds is 5. The molecular weight excluding hydrogens is 404 g/mol. The van der Waals surface area contributed by atoms with Gasteiger partial charge in [0.25, 0.3) is 5.91 Å². The standard InChI is InChI=1S/C22H20N2O7/c1-13-8-21(26)31-19-9-14(6-7-16(13)19)28-12-20(25)24-22(27)23-10-15-11-29-17-4-2-3-5-18(17)30-15/h2-9,15H,10-12H2,1H3,(H2,23,24,25,27). The first kappa shape index (κ1) is 20.3. The lowest BCUT2D eigenvalue weighted by atomic mass is 10.1. The number of ether oxygens (including phenoxy) is 3.